The summed E-state index contributed by atoms with van der Waals surface area (Å²) in [6.07, 6.45) is 0. The number of carbonyl (C=O) groups is 1. The molecule has 2 aromatic heterocycles. The molecule has 0 saturated carbocycles. The van der Waals surface area contributed by atoms with Gasteiger partial charge in [0.2, 0.25) is 5.91 Å². The second-order valence-electron chi connectivity index (χ2n) is 7.59. The van der Waals surface area contributed by atoms with Crippen LogP contribution >= 0.6 is 11.3 Å². The number of aromatic nitrogens is 2. The van der Waals surface area contributed by atoms with E-state index in [1.165, 1.54) is 30.1 Å². The van der Waals surface area contributed by atoms with Crippen molar-refractivity contribution >= 4 is 33.1 Å². The summed E-state index contributed by atoms with van der Waals surface area (Å²) >= 11 is 1.23. The summed E-state index contributed by atoms with van der Waals surface area (Å²) in [4.78, 5) is 39.4. The van der Waals surface area contributed by atoms with Gasteiger partial charge < -0.3 is 19.5 Å². The average molecular weight is 496 g/mol. The molecule has 1 N–H and O–H groups in total. The zero-order valence-corrected chi connectivity index (χ0v) is 20.4. The number of hydrogen-bond donors (Lipinski definition) is 1. The molecule has 0 unspecified atom stereocenters. The number of amides is 1. The highest BCUT2D eigenvalue weighted by Gasteiger charge is 2.18. The second-order valence-corrected chi connectivity index (χ2v) is 8.50. The van der Waals surface area contributed by atoms with Crippen molar-refractivity contribution in [3.05, 3.63) is 80.3 Å². The van der Waals surface area contributed by atoms with Gasteiger partial charge in [0.25, 0.3) is 5.56 Å². The van der Waals surface area contributed by atoms with Crippen LogP contribution in [0.2, 0.25) is 0 Å². The second kappa shape index (κ2) is 10.5. The molecule has 2 aromatic carbocycles. The number of rotatable bonds is 9. The first-order valence-electron chi connectivity index (χ1n) is 10.9. The lowest BCUT2D eigenvalue weighted by Crippen LogP contribution is -2.41. The summed E-state index contributed by atoms with van der Waals surface area (Å²) in [6.45, 7) is 2.23. The molecule has 4 aromatic rings. The third-order valence-electron chi connectivity index (χ3n) is 5.39. The molecule has 0 fully saturated rings. The van der Waals surface area contributed by atoms with Crippen molar-refractivity contribution in [2.75, 3.05) is 26.1 Å². The molecular formula is C25H25N3O6S. The van der Waals surface area contributed by atoms with Crippen molar-refractivity contribution in [1.82, 2.24) is 9.13 Å². The largest absolute Gasteiger partial charge is 0.497 e. The monoisotopic (exact) mass is 495 g/mol. The van der Waals surface area contributed by atoms with Gasteiger partial charge in [-0.25, -0.2) is 4.79 Å². The first kappa shape index (κ1) is 24.1. The summed E-state index contributed by atoms with van der Waals surface area (Å²) in [6, 6.07) is 13.9. The Morgan fingerprint density at radius 3 is 2.40 bits per heavy atom. The molecule has 10 heteroatoms. The maximum absolute atomic E-state index is 13.4. The summed E-state index contributed by atoms with van der Waals surface area (Å²) in [5.41, 5.74) is 0.637. The molecule has 2 heterocycles. The van der Waals surface area contributed by atoms with Gasteiger partial charge in [0, 0.05) is 6.07 Å². The molecular weight excluding hydrogens is 470 g/mol. The number of benzene rings is 2. The van der Waals surface area contributed by atoms with Gasteiger partial charge in [-0.2, -0.15) is 0 Å². The fraction of sp³-hybridized carbons (Fsp3) is 0.240. The lowest BCUT2D eigenvalue weighted by atomic mass is 10.2. The van der Waals surface area contributed by atoms with Gasteiger partial charge in [-0.05, 0) is 48.2 Å². The minimum atomic E-state index is -0.567. The number of methoxy groups -OCH3 is 2. The Labute approximate surface area is 205 Å². The molecule has 4 rings (SSSR count). The van der Waals surface area contributed by atoms with Crippen LogP contribution in [0.25, 0.3) is 10.2 Å². The topological polar surface area (TPSA) is 101 Å². The lowest BCUT2D eigenvalue weighted by Gasteiger charge is -2.14. The summed E-state index contributed by atoms with van der Waals surface area (Å²) in [5, 5.41) is 4.50. The molecule has 35 heavy (non-hydrogen) atoms. The maximum Gasteiger partial charge on any atom is 0.332 e. The molecule has 1 amide bonds. The minimum Gasteiger partial charge on any atom is -0.497 e. The lowest BCUT2D eigenvalue weighted by molar-refractivity contribution is -0.116. The van der Waals surface area contributed by atoms with E-state index in [1.807, 2.05) is 19.1 Å². The van der Waals surface area contributed by atoms with Crippen molar-refractivity contribution < 1.29 is 19.0 Å². The molecule has 9 nitrogen and oxygen atoms in total. The fourth-order valence-corrected chi connectivity index (χ4v) is 4.55. The van der Waals surface area contributed by atoms with E-state index in [2.05, 4.69) is 5.32 Å². The smallest absolute Gasteiger partial charge is 0.332 e. The Hall–Kier alpha value is -4.05. The van der Waals surface area contributed by atoms with Crippen LogP contribution in [0.1, 0.15) is 12.5 Å². The van der Waals surface area contributed by atoms with Crippen molar-refractivity contribution in [3.63, 3.8) is 0 Å². The third kappa shape index (κ3) is 5.07. The number of nitrogens with zero attached hydrogens (tertiary/aromatic N) is 2. The summed E-state index contributed by atoms with van der Waals surface area (Å²) in [7, 11) is 3.02. The number of hydrogen-bond acceptors (Lipinski definition) is 7. The molecule has 0 aliphatic carbocycles. The highest BCUT2D eigenvalue weighted by atomic mass is 32.1. The van der Waals surface area contributed by atoms with Crippen LogP contribution in [0.5, 0.6) is 17.2 Å². The van der Waals surface area contributed by atoms with Crippen LogP contribution < -0.4 is 30.8 Å². The van der Waals surface area contributed by atoms with Gasteiger partial charge >= 0.3 is 5.69 Å². The highest BCUT2D eigenvalue weighted by Crippen LogP contribution is 2.29. The van der Waals surface area contributed by atoms with E-state index in [4.69, 9.17) is 14.2 Å². The van der Waals surface area contributed by atoms with Gasteiger partial charge in [-0.15, -0.1) is 11.3 Å². The predicted octanol–water partition coefficient (Wildman–Crippen LogP) is 3.33. The highest BCUT2D eigenvalue weighted by molar-refractivity contribution is 7.17. The van der Waals surface area contributed by atoms with Crippen LogP contribution in [-0.2, 0) is 17.9 Å². The van der Waals surface area contributed by atoms with Gasteiger partial charge in [0.05, 0.1) is 38.6 Å². The van der Waals surface area contributed by atoms with Crippen LogP contribution in [0, 0.1) is 0 Å². The van der Waals surface area contributed by atoms with Gasteiger partial charge in [0.15, 0.2) is 0 Å². The zero-order valence-electron chi connectivity index (χ0n) is 19.6. The summed E-state index contributed by atoms with van der Waals surface area (Å²) < 4.78 is 18.8. The maximum atomic E-state index is 13.4. The quantitative estimate of drug-likeness (QED) is 0.382. The van der Waals surface area contributed by atoms with Crippen LogP contribution in [0.4, 0.5) is 5.69 Å². The molecule has 0 aliphatic rings. The Morgan fingerprint density at radius 2 is 1.71 bits per heavy atom. The van der Waals surface area contributed by atoms with Crippen molar-refractivity contribution in [2.45, 2.75) is 20.0 Å². The zero-order chi connectivity index (χ0) is 24.9. The standard InChI is InChI=1S/C25H25N3O6S/c1-4-34-17-7-5-16(6-8-17)14-28-24(30)23-20(11-12-35-23)27(25(28)31)15-22(29)26-19-13-18(32-2)9-10-21(19)33-3/h5-13H,4,14-15H2,1-3H3,(H,26,29). The Balaban J connectivity index is 1.67. The molecule has 0 saturated heterocycles. The molecule has 0 spiro atoms. The molecule has 0 atom stereocenters. The van der Waals surface area contributed by atoms with E-state index < -0.39 is 11.6 Å². The average Bonchev–Trinajstić information content (AvgIpc) is 3.36. The molecule has 182 valence electrons. The third-order valence-corrected chi connectivity index (χ3v) is 6.29. The number of nitrogens with one attached hydrogen (secondary N) is 1. The van der Waals surface area contributed by atoms with Crippen LogP contribution in [0.15, 0.2) is 63.5 Å². The normalized spacial score (nSPS) is 10.8. The number of anilines is 1. The van der Waals surface area contributed by atoms with Crippen molar-refractivity contribution in [2.24, 2.45) is 0 Å². The first-order valence-corrected chi connectivity index (χ1v) is 11.8. The number of carbonyl (C=O) groups excluding carboxylic acids is 1. The van der Waals surface area contributed by atoms with E-state index in [0.29, 0.717) is 39.8 Å². The van der Waals surface area contributed by atoms with Crippen molar-refractivity contribution in [1.29, 1.82) is 0 Å². The SMILES string of the molecule is CCOc1ccc(Cn2c(=O)c3sccc3n(CC(=O)Nc3cc(OC)ccc3OC)c2=O)cc1. The van der Waals surface area contributed by atoms with E-state index in [9.17, 15) is 14.4 Å². The van der Waals surface area contributed by atoms with E-state index in [-0.39, 0.29) is 18.6 Å². The Bertz CT molecular complexity index is 1470. The predicted molar refractivity (Wildman–Crippen MR) is 135 cm³/mol. The fourth-order valence-electron chi connectivity index (χ4n) is 3.71. The Kier molecular flexibility index (Phi) is 7.21. The Morgan fingerprint density at radius 1 is 0.971 bits per heavy atom. The number of thiophene rings is 1. The van der Waals surface area contributed by atoms with Gasteiger partial charge in [-0.1, -0.05) is 12.1 Å². The van der Waals surface area contributed by atoms with Gasteiger partial charge in [-0.3, -0.25) is 18.7 Å². The summed E-state index contributed by atoms with van der Waals surface area (Å²) in [5.74, 6) is 1.26. The first-order chi connectivity index (χ1) is 16.9. The van der Waals surface area contributed by atoms with E-state index in [0.717, 1.165) is 10.1 Å². The molecule has 0 radical (unpaired) electrons. The van der Waals surface area contributed by atoms with Crippen LogP contribution in [0.3, 0.4) is 0 Å². The number of fused-ring (bicyclic) bond motifs is 1. The van der Waals surface area contributed by atoms with Crippen molar-refractivity contribution in [3.8, 4) is 17.2 Å². The van der Waals surface area contributed by atoms with Crippen LogP contribution in [-0.4, -0.2) is 35.9 Å². The van der Waals surface area contributed by atoms with Gasteiger partial charge in [0.1, 0.15) is 28.5 Å². The van der Waals surface area contributed by atoms with E-state index >= 15 is 0 Å². The molecule has 0 bridgehead atoms. The minimum absolute atomic E-state index is 0.0727. The molecule has 0 aliphatic heterocycles. The van der Waals surface area contributed by atoms with E-state index in [1.54, 1.807) is 41.8 Å². The number of ether oxygens (including phenoxy) is 3.